The zero-order chi connectivity index (χ0) is 39.6. The monoisotopic (exact) mass is 765 g/mol. The van der Waals surface area contributed by atoms with Gasteiger partial charge in [-0.1, -0.05) is 182 Å². The molecule has 1 aliphatic heterocycles. The summed E-state index contributed by atoms with van der Waals surface area (Å²) < 4.78 is 6.87. The molecule has 0 fully saturated rings. The third-order valence-electron chi connectivity index (χ3n) is 12.8. The molecule has 0 N–H and O–H groups in total. The Morgan fingerprint density at radius 3 is 1.67 bits per heavy atom. The number of fused-ring (bicyclic) bond motifs is 10. The van der Waals surface area contributed by atoms with Gasteiger partial charge >= 0.3 is 0 Å². The van der Waals surface area contributed by atoms with Crippen LogP contribution in [0.5, 0.6) is 5.75 Å². The van der Waals surface area contributed by atoms with E-state index in [2.05, 4.69) is 229 Å². The maximum Gasteiger partial charge on any atom is 0.136 e. The molecule has 60 heavy (non-hydrogen) atoms. The van der Waals surface area contributed by atoms with Gasteiger partial charge < -0.3 is 9.64 Å². The van der Waals surface area contributed by atoms with E-state index >= 15 is 0 Å². The summed E-state index contributed by atoms with van der Waals surface area (Å²) in [5, 5.41) is 0. The first kappa shape index (κ1) is 34.4. The average Bonchev–Trinajstić information content (AvgIpc) is 3.84. The Labute approximate surface area is 351 Å². The molecule has 0 aromatic heterocycles. The fourth-order valence-corrected chi connectivity index (χ4v) is 10.2. The molecule has 1 spiro atoms. The predicted octanol–water partition coefficient (Wildman–Crippen LogP) is 14.8. The summed E-state index contributed by atoms with van der Waals surface area (Å²) in [5.41, 5.74) is 20.2. The van der Waals surface area contributed by atoms with Crippen LogP contribution in [0.25, 0.3) is 50.3 Å². The van der Waals surface area contributed by atoms with Crippen molar-refractivity contribution in [2.24, 2.45) is 0 Å². The molecular formula is C58H39NO. The smallest absolute Gasteiger partial charge is 0.136 e. The Bertz CT molecular complexity index is 3140. The van der Waals surface area contributed by atoms with Gasteiger partial charge in [0.1, 0.15) is 11.5 Å². The van der Waals surface area contributed by atoms with Crippen LogP contribution in [-0.2, 0) is 11.8 Å². The molecule has 2 heteroatoms. The van der Waals surface area contributed by atoms with Crippen molar-refractivity contribution in [2.45, 2.75) is 11.8 Å². The molecule has 9 aromatic rings. The highest BCUT2D eigenvalue weighted by Gasteiger charge is 2.54. The number of benzene rings is 9. The van der Waals surface area contributed by atoms with Crippen molar-refractivity contribution in [3.05, 3.63) is 258 Å². The van der Waals surface area contributed by atoms with Crippen molar-refractivity contribution >= 4 is 22.8 Å². The van der Waals surface area contributed by atoms with E-state index in [-0.39, 0.29) is 0 Å². The summed E-state index contributed by atoms with van der Waals surface area (Å²) >= 11 is 0. The van der Waals surface area contributed by atoms with E-state index in [1.807, 2.05) is 0 Å². The van der Waals surface area contributed by atoms with Crippen molar-refractivity contribution in [1.29, 1.82) is 0 Å². The molecule has 12 rings (SSSR count). The van der Waals surface area contributed by atoms with Gasteiger partial charge in [-0.25, -0.2) is 0 Å². The Balaban J connectivity index is 1.05. The molecule has 282 valence electrons. The zero-order valence-corrected chi connectivity index (χ0v) is 32.9. The molecule has 0 amide bonds. The molecule has 3 aliphatic rings. The minimum absolute atomic E-state index is 0.487. The number of ether oxygens (including phenoxy) is 1. The first-order valence-electron chi connectivity index (χ1n) is 20.8. The van der Waals surface area contributed by atoms with Gasteiger partial charge in [-0.15, -0.1) is 0 Å². The van der Waals surface area contributed by atoms with Crippen LogP contribution in [0.4, 0.5) is 17.1 Å². The van der Waals surface area contributed by atoms with Gasteiger partial charge in [-0.05, 0) is 116 Å². The van der Waals surface area contributed by atoms with Crippen LogP contribution in [0.15, 0.2) is 230 Å². The van der Waals surface area contributed by atoms with E-state index in [4.69, 9.17) is 4.74 Å². The van der Waals surface area contributed by atoms with Gasteiger partial charge in [0, 0.05) is 28.2 Å². The first-order chi connectivity index (χ1) is 29.8. The first-order valence-corrected chi connectivity index (χ1v) is 20.8. The third kappa shape index (κ3) is 5.21. The molecule has 1 unspecified atom stereocenters. The molecule has 2 aliphatic carbocycles. The van der Waals surface area contributed by atoms with E-state index in [0.717, 1.165) is 35.0 Å². The van der Waals surface area contributed by atoms with Gasteiger partial charge in [0.25, 0.3) is 0 Å². The van der Waals surface area contributed by atoms with Crippen LogP contribution in [0.2, 0.25) is 0 Å². The van der Waals surface area contributed by atoms with E-state index < -0.39 is 5.41 Å². The van der Waals surface area contributed by atoms with Crippen LogP contribution in [0.3, 0.4) is 0 Å². The molecule has 0 bridgehead atoms. The largest absolute Gasteiger partial charge is 0.456 e. The van der Waals surface area contributed by atoms with E-state index in [0.29, 0.717) is 0 Å². The SMILES string of the molecule is c1ccc(-c2cccc(N(c3ccc(-c4ccccc4-c4ccccc4)cc3)c3ccc4c(c3)-c3ccccc3C43C4=C(Oc5ccccc53)c3ccccc3C4)c2)cc1. The molecule has 1 heterocycles. The van der Waals surface area contributed by atoms with Crippen LogP contribution >= 0.6 is 0 Å². The fraction of sp³-hybridized carbons (Fsp3) is 0.0345. The highest BCUT2D eigenvalue weighted by Crippen LogP contribution is 2.64. The summed E-state index contributed by atoms with van der Waals surface area (Å²) in [6.45, 7) is 0. The lowest BCUT2D eigenvalue weighted by molar-refractivity contribution is 0.468. The second-order valence-electron chi connectivity index (χ2n) is 16.0. The molecule has 0 saturated carbocycles. The number of rotatable bonds is 6. The lowest BCUT2D eigenvalue weighted by Gasteiger charge is -2.39. The van der Waals surface area contributed by atoms with E-state index in [1.54, 1.807) is 0 Å². The van der Waals surface area contributed by atoms with Crippen molar-refractivity contribution in [3.8, 4) is 50.3 Å². The maximum atomic E-state index is 6.87. The minimum Gasteiger partial charge on any atom is -0.456 e. The molecule has 9 aromatic carbocycles. The fourth-order valence-electron chi connectivity index (χ4n) is 10.2. The lowest BCUT2D eigenvalue weighted by Crippen LogP contribution is -2.34. The number of hydrogen-bond acceptors (Lipinski definition) is 2. The summed E-state index contributed by atoms with van der Waals surface area (Å²) in [5.74, 6) is 1.93. The van der Waals surface area contributed by atoms with Crippen LogP contribution in [0, 0.1) is 0 Å². The summed E-state index contributed by atoms with van der Waals surface area (Å²) in [7, 11) is 0. The summed E-state index contributed by atoms with van der Waals surface area (Å²) in [4.78, 5) is 2.42. The number of anilines is 3. The topological polar surface area (TPSA) is 12.5 Å². The highest BCUT2D eigenvalue weighted by molar-refractivity contribution is 5.95. The number of allylic oxidation sites excluding steroid dienone is 1. The average molecular weight is 766 g/mol. The molecule has 0 radical (unpaired) electrons. The van der Waals surface area contributed by atoms with Crippen LogP contribution in [-0.4, -0.2) is 0 Å². The van der Waals surface area contributed by atoms with E-state index in [9.17, 15) is 0 Å². The van der Waals surface area contributed by atoms with Crippen molar-refractivity contribution in [3.63, 3.8) is 0 Å². The lowest BCUT2D eigenvalue weighted by atomic mass is 9.65. The molecule has 0 saturated heterocycles. The third-order valence-corrected chi connectivity index (χ3v) is 12.8. The van der Waals surface area contributed by atoms with Gasteiger partial charge in [-0.3, -0.25) is 0 Å². The highest BCUT2D eigenvalue weighted by atomic mass is 16.5. The quantitative estimate of drug-likeness (QED) is 0.167. The van der Waals surface area contributed by atoms with Gasteiger partial charge in [-0.2, -0.15) is 0 Å². The summed E-state index contributed by atoms with van der Waals surface area (Å²) in [6.07, 6.45) is 0.841. The molecular weight excluding hydrogens is 727 g/mol. The van der Waals surface area contributed by atoms with Crippen molar-refractivity contribution in [1.82, 2.24) is 0 Å². The zero-order valence-electron chi connectivity index (χ0n) is 32.9. The Morgan fingerprint density at radius 1 is 0.350 bits per heavy atom. The normalized spacial score (nSPS) is 15.4. The molecule has 1 atom stereocenters. The Hall–Kier alpha value is -7.68. The summed E-state index contributed by atoms with van der Waals surface area (Å²) in [6, 6.07) is 81.7. The minimum atomic E-state index is -0.487. The second-order valence-corrected chi connectivity index (χ2v) is 16.0. The maximum absolute atomic E-state index is 6.87. The van der Waals surface area contributed by atoms with Gasteiger partial charge in [0.15, 0.2) is 0 Å². The van der Waals surface area contributed by atoms with E-state index in [1.165, 1.54) is 77.9 Å². The van der Waals surface area contributed by atoms with Crippen LogP contribution in [0.1, 0.15) is 27.8 Å². The Morgan fingerprint density at radius 2 is 0.900 bits per heavy atom. The number of hydrogen-bond donors (Lipinski definition) is 0. The predicted molar refractivity (Wildman–Crippen MR) is 247 cm³/mol. The second kappa shape index (κ2) is 13.7. The van der Waals surface area contributed by atoms with Crippen LogP contribution < -0.4 is 9.64 Å². The van der Waals surface area contributed by atoms with Crippen molar-refractivity contribution in [2.75, 3.05) is 4.90 Å². The van der Waals surface area contributed by atoms with Gasteiger partial charge in [0.2, 0.25) is 0 Å². The molecule has 2 nitrogen and oxygen atoms in total. The number of nitrogens with zero attached hydrogens (tertiary/aromatic N) is 1. The standard InChI is InChI=1S/C58H39NO/c1-3-16-39(17-4-1)42-21-15-22-45(36-42)59(44-32-30-41(31-33-44)48-24-10-9-23-47(48)40-18-5-2-6-19-40)46-34-35-53-51(38-46)50-26-11-12-27-52(50)58(53)54-28-13-14-29-56(54)60-57-49-25-8-7-20-43(49)37-55(57)58/h1-36,38H,37H2. The van der Waals surface area contributed by atoms with Gasteiger partial charge in [0.05, 0.1) is 5.41 Å². The number of para-hydroxylation sites is 1. The van der Waals surface area contributed by atoms with Crippen molar-refractivity contribution < 1.29 is 4.74 Å². The Kier molecular flexibility index (Phi) is 7.86.